The van der Waals surface area contributed by atoms with Crippen LogP contribution in [0.2, 0.25) is 0 Å². The zero-order chi connectivity index (χ0) is 22.2. The number of nitrogens with one attached hydrogen (secondary N) is 1. The number of pyridine rings is 1. The van der Waals surface area contributed by atoms with Crippen LogP contribution in [-0.2, 0) is 0 Å². The summed E-state index contributed by atoms with van der Waals surface area (Å²) >= 11 is 0. The second-order valence-electron chi connectivity index (χ2n) is 7.63. The molecule has 0 fully saturated rings. The van der Waals surface area contributed by atoms with Crippen LogP contribution in [0.5, 0.6) is 0 Å². The van der Waals surface area contributed by atoms with Gasteiger partial charge in [-0.15, -0.1) is 0 Å². The molecule has 1 N–H and O–H groups in total. The van der Waals surface area contributed by atoms with E-state index in [-0.39, 0.29) is 17.8 Å². The van der Waals surface area contributed by atoms with Gasteiger partial charge in [-0.05, 0) is 56.3 Å². The zero-order valence-electron chi connectivity index (χ0n) is 17.5. The first-order chi connectivity index (χ1) is 15.5. The summed E-state index contributed by atoms with van der Waals surface area (Å²) in [5.41, 5.74) is 2.32. The number of hydrogen-bond acceptors (Lipinski definition) is 4. The van der Waals surface area contributed by atoms with Gasteiger partial charge in [0.05, 0.1) is 30.0 Å². The third-order valence-electron chi connectivity index (χ3n) is 5.09. The molecule has 160 valence electrons. The van der Waals surface area contributed by atoms with Crippen LogP contribution in [0.3, 0.4) is 0 Å². The first-order valence-electron chi connectivity index (χ1n) is 10.1. The molecule has 0 saturated heterocycles. The van der Waals surface area contributed by atoms with Gasteiger partial charge in [-0.3, -0.25) is 4.79 Å². The Morgan fingerprint density at radius 1 is 1.03 bits per heavy atom. The minimum Gasteiger partial charge on any atom is -0.320 e. The molecule has 4 aromatic heterocycles. The average Bonchev–Trinajstić information content (AvgIpc) is 3.52. The normalized spacial score (nSPS) is 11.4. The Morgan fingerprint density at radius 2 is 1.78 bits per heavy atom. The molecule has 0 aliphatic heterocycles. The van der Waals surface area contributed by atoms with Crippen molar-refractivity contribution in [3.05, 3.63) is 84.8 Å². The van der Waals surface area contributed by atoms with Gasteiger partial charge in [0, 0.05) is 23.8 Å². The maximum absolute atomic E-state index is 13.4. The third-order valence-corrected chi connectivity index (χ3v) is 5.09. The van der Waals surface area contributed by atoms with Crippen LogP contribution in [0.15, 0.2) is 73.4 Å². The summed E-state index contributed by atoms with van der Waals surface area (Å²) in [4.78, 5) is 17.7. The van der Waals surface area contributed by atoms with E-state index in [0.29, 0.717) is 22.8 Å². The summed E-state index contributed by atoms with van der Waals surface area (Å²) in [7, 11) is 0. The fraction of sp³-hybridized carbons (Fsp3) is 0.130. The Balaban J connectivity index is 1.51. The number of nitrogens with zero attached hydrogens (tertiary/aromatic N) is 6. The van der Waals surface area contributed by atoms with E-state index in [1.807, 2.05) is 49.1 Å². The van der Waals surface area contributed by atoms with E-state index in [1.165, 1.54) is 18.3 Å². The lowest BCUT2D eigenvalue weighted by molar-refractivity contribution is 0.102. The lowest BCUT2D eigenvalue weighted by atomic mass is 10.2. The number of fused-ring (bicyclic) bond motifs is 1. The minimum atomic E-state index is -0.343. The molecule has 0 unspecified atom stereocenters. The molecule has 0 aliphatic rings. The van der Waals surface area contributed by atoms with Crippen molar-refractivity contribution in [2.75, 3.05) is 5.32 Å². The lowest BCUT2D eigenvalue weighted by Gasteiger charge is -2.11. The summed E-state index contributed by atoms with van der Waals surface area (Å²) in [5.74, 6) is -0.134. The van der Waals surface area contributed by atoms with Crippen LogP contribution >= 0.6 is 0 Å². The molecule has 0 bridgehead atoms. The smallest absolute Gasteiger partial charge is 0.261 e. The number of aromatic nitrogens is 6. The molecule has 5 aromatic rings. The topological polar surface area (TPSA) is 82.6 Å². The Morgan fingerprint density at radius 3 is 2.50 bits per heavy atom. The summed E-state index contributed by atoms with van der Waals surface area (Å²) < 4.78 is 18.6. The van der Waals surface area contributed by atoms with E-state index in [2.05, 4.69) is 20.5 Å². The molecular weight excluding hydrogens is 409 g/mol. The van der Waals surface area contributed by atoms with Crippen molar-refractivity contribution in [3.8, 4) is 11.5 Å². The number of hydrogen-bond donors (Lipinski definition) is 1. The zero-order valence-corrected chi connectivity index (χ0v) is 17.5. The van der Waals surface area contributed by atoms with Crippen LogP contribution in [-0.4, -0.2) is 35.0 Å². The fourth-order valence-electron chi connectivity index (χ4n) is 3.58. The third kappa shape index (κ3) is 3.43. The first-order valence-corrected chi connectivity index (χ1v) is 10.1. The van der Waals surface area contributed by atoms with Crippen molar-refractivity contribution in [2.45, 2.75) is 19.9 Å². The van der Waals surface area contributed by atoms with E-state index < -0.39 is 0 Å². The summed E-state index contributed by atoms with van der Waals surface area (Å²) in [6.07, 6.45) is 8.48. The van der Waals surface area contributed by atoms with Gasteiger partial charge < -0.3 is 9.88 Å². The number of rotatable bonds is 5. The first kappa shape index (κ1) is 19.7. The molecular formula is C23H20FN7O. The second kappa shape index (κ2) is 7.77. The lowest BCUT2D eigenvalue weighted by Crippen LogP contribution is -2.15. The van der Waals surface area contributed by atoms with Gasteiger partial charge in [0.15, 0.2) is 11.5 Å². The van der Waals surface area contributed by atoms with Crippen molar-refractivity contribution in [2.24, 2.45) is 0 Å². The molecule has 0 atom stereocenters. The van der Waals surface area contributed by atoms with E-state index in [9.17, 15) is 9.18 Å². The summed E-state index contributed by atoms with van der Waals surface area (Å²) in [5, 5.41) is 12.5. The number of halogens is 1. The van der Waals surface area contributed by atoms with Gasteiger partial charge in [0.1, 0.15) is 11.4 Å². The highest BCUT2D eigenvalue weighted by atomic mass is 19.1. The molecule has 0 radical (unpaired) electrons. The number of benzene rings is 1. The molecule has 5 rings (SSSR count). The monoisotopic (exact) mass is 429 g/mol. The van der Waals surface area contributed by atoms with Crippen molar-refractivity contribution < 1.29 is 9.18 Å². The maximum atomic E-state index is 13.4. The van der Waals surface area contributed by atoms with Crippen LogP contribution in [0, 0.1) is 5.82 Å². The largest absolute Gasteiger partial charge is 0.320 e. The van der Waals surface area contributed by atoms with E-state index in [1.54, 1.807) is 33.8 Å². The predicted molar refractivity (Wildman–Crippen MR) is 119 cm³/mol. The van der Waals surface area contributed by atoms with Gasteiger partial charge in [-0.25, -0.2) is 18.7 Å². The van der Waals surface area contributed by atoms with Gasteiger partial charge >= 0.3 is 0 Å². The summed E-state index contributed by atoms with van der Waals surface area (Å²) in [6.45, 7) is 4.07. The van der Waals surface area contributed by atoms with E-state index in [4.69, 9.17) is 0 Å². The number of carbonyl (C=O) groups is 1. The van der Waals surface area contributed by atoms with Crippen LogP contribution < -0.4 is 5.32 Å². The molecule has 0 aliphatic carbocycles. The minimum absolute atomic E-state index is 0.182. The number of carbonyl (C=O) groups excluding carboxylic acids is 1. The highest BCUT2D eigenvalue weighted by Crippen LogP contribution is 2.23. The van der Waals surface area contributed by atoms with Gasteiger partial charge in [-0.2, -0.15) is 10.2 Å². The molecule has 1 amide bonds. The molecule has 0 saturated carbocycles. The Hall–Kier alpha value is -4.27. The van der Waals surface area contributed by atoms with Crippen LogP contribution in [0.1, 0.15) is 30.2 Å². The molecule has 1 aromatic carbocycles. The second-order valence-corrected chi connectivity index (χ2v) is 7.63. The molecule has 9 heteroatoms. The van der Waals surface area contributed by atoms with Crippen molar-refractivity contribution in [1.82, 2.24) is 29.1 Å². The highest BCUT2D eigenvalue weighted by Gasteiger charge is 2.20. The standard InChI is InChI=1S/C23H20FN7O/c1-15(2)30-21-16(12-26-30)11-18(13-25-21)28-22(32)20-14-27-31(19-7-5-17(24)6-8-19)23(20)29-9-3-4-10-29/h3-15H,1-2H3,(H,28,32). The van der Waals surface area contributed by atoms with Crippen LogP contribution in [0.25, 0.3) is 22.5 Å². The van der Waals surface area contributed by atoms with Crippen molar-refractivity contribution in [3.63, 3.8) is 0 Å². The molecule has 0 spiro atoms. The van der Waals surface area contributed by atoms with Gasteiger partial charge in [0.25, 0.3) is 5.91 Å². The summed E-state index contributed by atoms with van der Waals surface area (Å²) in [6, 6.07) is 11.7. The highest BCUT2D eigenvalue weighted by molar-refractivity contribution is 6.06. The van der Waals surface area contributed by atoms with E-state index in [0.717, 1.165) is 11.0 Å². The molecule has 8 nitrogen and oxygen atoms in total. The maximum Gasteiger partial charge on any atom is 0.261 e. The van der Waals surface area contributed by atoms with Crippen molar-refractivity contribution in [1.29, 1.82) is 0 Å². The number of amides is 1. The van der Waals surface area contributed by atoms with Gasteiger partial charge in [0.2, 0.25) is 0 Å². The SMILES string of the molecule is CC(C)n1ncc2cc(NC(=O)c3cnn(-c4ccc(F)cc4)c3-n3cccc3)cnc21. The molecule has 32 heavy (non-hydrogen) atoms. The Labute approximate surface area is 182 Å². The quantitative estimate of drug-likeness (QED) is 0.450. The average molecular weight is 429 g/mol. The Kier molecular flexibility index (Phi) is 4.78. The predicted octanol–water partition coefficient (Wildman–Crippen LogP) is 4.38. The molecule has 4 heterocycles. The van der Waals surface area contributed by atoms with Gasteiger partial charge in [-0.1, -0.05) is 0 Å². The fourth-order valence-corrected chi connectivity index (χ4v) is 3.58. The van der Waals surface area contributed by atoms with E-state index >= 15 is 0 Å². The van der Waals surface area contributed by atoms with Crippen molar-refractivity contribution >= 4 is 22.6 Å². The Bertz CT molecular complexity index is 1400. The number of anilines is 1. The van der Waals surface area contributed by atoms with Crippen LogP contribution in [0.4, 0.5) is 10.1 Å².